The molecule has 0 saturated heterocycles. The fourth-order valence-electron chi connectivity index (χ4n) is 0.743. The van der Waals surface area contributed by atoms with Crippen molar-refractivity contribution in [1.29, 1.82) is 8.82 Å². The van der Waals surface area contributed by atoms with E-state index in [1.54, 1.807) is 0 Å². The van der Waals surface area contributed by atoms with Crippen molar-refractivity contribution in [2.24, 2.45) is 5.92 Å². The second-order valence-corrected chi connectivity index (χ2v) is 4.39. The third-order valence-corrected chi connectivity index (χ3v) is 3.32. The second-order valence-electron chi connectivity index (χ2n) is 2.00. The number of nitrogens with one attached hydrogen (secondary N) is 1. The average molecular weight is 222 g/mol. The van der Waals surface area contributed by atoms with E-state index in [0.29, 0.717) is 9.84 Å². The number of nitriles is 1. The van der Waals surface area contributed by atoms with E-state index in [2.05, 4.69) is 6.07 Å². The summed E-state index contributed by atoms with van der Waals surface area (Å²) in [5.74, 6) is 0.310. The van der Waals surface area contributed by atoms with Gasteiger partial charge in [0.25, 0.3) is 0 Å². The van der Waals surface area contributed by atoms with E-state index >= 15 is 0 Å². The first-order chi connectivity index (χ1) is 3.86. The molecule has 0 heterocycles. The molecular formula is C5H7IN2. The van der Waals surface area contributed by atoms with Crippen LogP contribution in [-0.4, -0.2) is 3.92 Å². The highest BCUT2D eigenvalue weighted by molar-refractivity contribution is 14.1. The predicted octanol–water partition coefficient (Wildman–Crippen LogP) is 2.02. The number of halogens is 1. The molecule has 1 fully saturated rings. The number of rotatable bonds is 1. The van der Waals surface area contributed by atoms with Gasteiger partial charge >= 0.3 is 0 Å². The Morgan fingerprint density at radius 2 is 2.25 bits per heavy atom. The molecule has 0 bridgehead atoms. The van der Waals surface area contributed by atoms with Crippen molar-refractivity contribution in [2.45, 2.75) is 16.8 Å². The molecule has 0 aromatic rings. The summed E-state index contributed by atoms with van der Waals surface area (Å²) in [7, 11) is 0. The Bertz CT molecular complexity index is 132. The van der Waals surface area contributed by atoms with Gasteiger partial charge in [0, 0.05) is 9.84 Å². The summed E-state index contributed by atoms with van der Waals surface area (Å²) in [6.07, 6.45) is 2.04. The maximum Gasteiger partial charge on any atom is 0.0656 e. The summed E-state index contributed by atoms with van der Waals surface area (Å²) >= 11 is -0.303. The smallest absolute Gasteiger partial charge is 0.0656 e. The Morgan fingerprint density at radius 3 is 2.62 bits per heavy atom. The van der Waals surface area contributed by atoms with Crippen LogP contribution in [0.4, 0.5) is 0 Å². The molecule has 1 rings (SSSR count). The zero-order chi connectivity index (χ0) is 5.98. The molecule has 0 spiro atoms. The summed E-state index contributed by atoms with van der Waals surface area (Å²) in [6.45, 7) is 0. The molecule has 0 atom stereocenters. The number of hydrogen-bond donors (Lipinski definition) is 1. The molecule has 0 aromatic carbocycles. The zero-order valence-corrected chi connectivity index (χ0v) is 6.55. The normalized spacial score (nSPS) is 35.4. The lowest BCUT2D eigenvalue weighted by molar-refractivity contribution is 0.427. The molecule has 0 unspecified atom stereocenters. The summed E-state index contributed by atoms with van der Waals surface area (Å²) < 4.78 is 7.68. The SMILES string of the molecule is N#CC1CC(I=N)C1. The zero-order valence-electron chi connectivity index (χ0n) is 4.39. The van der Waals surface area contributed by atoms with E-state index in [0.717, 1.165) is 12.8 Å². The maximum atomic E-state index is 8.30. The minimum atomic E-state index is -0.303. The molecule has 44 valence electrons. The van der Waals surface area contributed by atoms with Gasteiger partial charge < -0.3 is 0 Å². The van der Waals surface area contributed by atoms with Crippen LogP contribution in [-0.2, 0) is 0 Å². The van der Waals surface area contributed by atoms with Crippen LogP contribution in [0.1, 0.15) is 12.8 Å². The van der Waals surface area contributed by atoms with E-state index in [4.69, 9.17) is 8.82 Å². The first-order valence-electron chi connectivity index (χ1n) is 2.55. The van der Waals surface area contributed by atoms with Crippen molar-refractivity contribution in [3.05, 3.63) is 0 Å². The molecule has 1 aliphatic rings. The van der Waals surface area contributed by atoms with E-state index in [1.165, 1.54) is 0 Å². The lowest BCUT2D eigenvalue weighted by Crippen LogP contribution is -2.21. The van der Waals surface area contributed by atoms with Gasteiger partial charge in [-0.05, 0) is 33.9 Å². The van der Waals surface area contributed by atoms with E-state index < -0.39 is 0 Å². The van der Waals surface area contributed by atoms with Gasteiger partial charge in [-0.2, -0.15) is 5.26 Å². The van der Waals surface area contributed by atoms with Crippen LogP contribution in [0, 0.1) is 20.8 Å². The Kier molecular flexibility index (Phi) is 1.95. The molecule has 3 heteroatoms. The van der Waals surface area contributed by atoms with Crippen LogP contribution in [0.3, 0.4) is 0 Å². The van der Waals surface area contributed by atoms with Crippen molar-refractivity contribution in [1.82, 2.24) is 0 Å². The topological polar surface area (TPSA) is 47.6 Å². The predicted molar refractivity (Wildman–Crippen MR) is 38.9 cm³/mol. The average Bonchev–Trinajstić information content (AvgIpc) is 1.65. The number of nitrogens with zero attached hydrogens (tertiary/aromatic N) is 1. The van der Waals surface area contributed by atoms with Crippen molar-refractivity contribution in [3.8, 4) is 6.07 Å². The van der Waals surface area contributed by atoms with Crippen LogP contribution in [0.25, 0.3) is 0 Å². The summed E-state index contributed by atoms with van der Waals surface area (Å²) in [6, 6.07) is 2.20. The third kappa shape index (κ3) is 1.05. The van der Waals surface area contributed by atoms with E-state index in [-0.39, 0.29) is 21.0 Å². The lowest BCUT2D eigenvalue weighted by atomic mass is 9.87. The van der Waals surface area contributed by atoms with Crippen LogP contribution in [0.15, 0.2) is 0 Å². The Balaban J connectivity index is 2.23. The van der Waals surface area contributed by atoms with E-state index in [1.807, 2.05) is 0 Å². The van der Waals surface area contributed by atoms with Gasteiger partial charge in [-0.25, -0.2) is 0 Å². The van der Waals surface area contributed by atoms with Gasteiger partial charge in [-0.3, -0.25) is 3.56 Å². The highest BCUT2D eigenvalue weighted by Gasteiger charge is 2.27. The van der Waals surface area contributed by atoms with Crippen LogP contribution >= 0.6 is 21.0 Å². The minimum Gasteiger partial charge on any atom is -0.278 e. The molecule has 1 saturated carbocycles. The molecule has 0 radical (unpaired) electrons. The first kappa shape index (κ1) is 6.14. The lowest BCUT2D eigenvalue weighted by Gasteiger charge is -2.25. The van der Waals surface area contributed by atoms with Gasteiger partial charge in [-0.15, -0.1) is 0 Å². The summed E-state index contributed by atoms with van der Waals surface area (Å²) in [4.78, 5) is 0. The fourth-order valence-corrected chi connectivity index (χ4v) is 2.48. The highest BCUT2D eigenvalue weighted by Crippen LogP contribution is 2.35. The summed E-state index contributed by atoms with van der Waals surface area (Å²) in [5, 5.41) is 8.30. The molecule has 1 N–H and O–H groups in total. The molecule has 0 amide bonds. The van der Waals surface area contributed by atoms with Crippen molar-refractivity contribution in [2.75, 3.05) is 0 Å². The number of alkyl halides is 1. The van der Waals surface area contributed by atoms with Crippen LogP contribution in [0.2, 0.25) is 0 Å². The van der Waals surface area contributed by atoms with Gasteiger partial charge in [-0.1, -0.05) is 0 Å². The standard InChI is InChI=1S/C5H7IN2/c7-3-4-1-5(2-4)6-8/h4-5,8H,1-2H2. The van der Waals surface area contributed by atoms with Gasteiger partial charge in [0.05, 0.1) is 6.07 Å². The van der Waals surface area contributed by atoms with Crippen molar-refractivity contribution < 1.29 is 0 Å². The molecule has 0 aliphatic heterocycles. The Labute approximate surface area is 58.8 Å². The van der Waals surface area contributed by atoms with Gasteiger partial charge in [0.15, 0.2) is 0 Å². The monoisotopic (exact) mass is 222 g/mol. The van der Waals surface area contributed by atoms with Crippen molar-refractivity contribution in [3.63, 3.8) is 0 Å². The molecule has 1 aliphatic carbocycles. The quantitative estimate of drug-likeness (QED) is 0.535. The van der Waals surface area contributed by atoms with Gasteiger partial charge in [0.2, 0.25) is 0 Å². The van der Waals surface area contributed by atoms with Gasteiger partial charge in [0.1, 0.15) is 0 Å². The highest BCUT2D eigenvalue weighted by atomic mass is 127. The Hall–Kier alpha value is 0.0200. The molecule has 8 heavy (non-hydrogen) atoms. The molecular weight excluding hydrogens is 215 g/mol. The minimum absolute atomic E-state index is 0.303. The van der Waals surface area contributed by atoms with Crippen molar-refractivity contribution >= 4 is 21.0 Å². The molecule has 0 aromatic heterocycles. The Morgan fingerprint density at radius 1 is 1.62 bits per heavy atom. The largest absolute Gasteiger partial charge is 0.278 e. The maximum absolute atomic E-state index is 8.30. The summed E-state index contributed by atoms with van der Waals surface area (Å²) in [5.41, 5.74) is 0. The van der Waals surface area contributed by atoms with E-state index in [9.17, 15) is 0 Å². The first-order valence-corrected chi connectivity index (χ1v) is 4.88. The fraction of sp³-hybridized carbons (Fsp3) is 0.800. The second kappa shape index (κ2) is 2.53. The third-order valence-electron chi connectivity index (χ3n) is 1.42. The number of hydrogen-bond acceptors (Lipinski definition) is 2. The molecule has 2 nitrogen and oxygen atoms in total. The van der Waals surface area contributed by atoms with Crippen LogP contribution < -0.4 is 0 Å². The van der Waals surface area contributed by atoms with Crippen LogP contribution in [0.5, 0.6) is 0 Å².